The lowest BCUT2D eigenvalue weighted by atomic mass is 10.1. The number of halogens is 3. The molecule has 0 spiro atoms. The quantitative estimate of drug-likeness (QED) is 0.122. The first-order valence-corrected chi connectivity index (χ1v) is 15.0. The topological polar surface area (TPSA) is 144 Å². The number of amidine groups is 1. The van der Waals surface area contributed by atoms with E-state index in [9.17, 15) is 18.0 Å². The van der Waals surface area contributed by atoms with Crippen molar-refractivity contribution in [1.82, 2.24) is 5.32 Å². The number of hydrogen-bond donors (Lipinski definition) is 4. The van der Waals surface area contributed by atoms with E-state index in [1.165, 1.54) is 17.7 Å². The minimum absolute atomic E-state index is 0.0243. The number of ether oxygens (including phenoxy) is 3. The molecular formula is C32H36F3N3O6S. The first-order chi connectivity index (χ1) is 21.3. The summed E-state index contributed by atoms with van der Waals surface area (Å²) >= 11 is 1.87. The van der Waals surface area contributed by atoms with Gasteiger partial charge in [-0.2, -0.15) is 13.2 Å². The number of benzene rings is 3. The van der Waals surface area contributed by atoms with Crippen LogP contribution < -0.4 is 25.3 Å². The molecule has 1 fully saturated rings. The predicted molar refractivity (Wildman–Crippen MR) is 165 cm³/mol. The van der Waals surface area contributed by atoms with Crippen LogP contribution in [0.1, 0.15) is 56.4 Å². The first-order valence-electron chi connectivity index (χ1n) is 14.1. The average Bonchev–Trinajstić information content (AvgIpc) is 3.80. The van der Waals surface area contributed by atoms with Crippen LogP contribution in [0.3, 0.4) is 0 Å². The van der Waals surface area contributed by atoms with Crippen molar-refractivity contribution in [2.24, 2.45) is 5.73 Å². The minimum atomic E-state index is -5.08. The maximum absolute atomic E-state index is 13.6. The van der Waals surface area contributed by atoms with Crippen molar-refractivity contribution in [3.8, 4) is 17.2 Å². The number of thioether (sulfide) groups is 1. The fraction of sp³-hybridized carbons (Fsp3) is 0.344. The maximum Gasteiger partial charge on any atom is 0.490 e. The number of hydrogen-bond acceptors (Lipinski definition) is 7. The molecule has 0 saturated heterocycles. The second-order valence-corrected chi connectivity index (χ2v) is 11.5. The summed E-state index contributed by atoms with van der Waals surface area (Å²) < 4.78 is 49.7. The Bertz CT molecular complexity index is 1460. The summed E-state index contributed by atoms with van der Waals surface area (Å²) in [4.78, 5) is 23.7. The van der Waals surface area contributed by atoms with Crippen LogP contribution in [0.15, 0.2) is 71.6 Å². The molecule has 0 aliphatic heterocycles. The van der Waals surface area contributed by atoms with Crippen molar-refractivity contribution < 1.29 is 42.1 Å². The van der Waals surface area contributed by atoms with E-state index in [-0.39, 0.29) is 17.8 Å². The van der Waals surface area contributed by atoms with E-state index in [1.807, 2.05) is 62.9 Å². The summed E-state index contributed by atoms with van der Waals surface area (Å²) in [7, 11) is 0. The Morgan fingerprint density at radius 1 is 1.04 bits per heavy atom. The number of rotatable bonds is 13. The summed E-state index contributed by atoms with van der Waals surface area (Å²) in [6, 6.07) is 20.4. The molecule has 3 aromatic rings. The van der Waals surface area contributed by atoms with E-state index in [0.29, 0.717) is 46.8 Å². The van der Waals surface area contributed by atoms with Gasteiger partial charge in [-0.15, -0.1) is 11.8 Å². The van der Waals surface area contributed by atoms with Crippen LogP contribution in [0.5, 0.6) is 17.2 Å². The van der Waals surface area contributed by atoms with Crippen molar-refractivity contribution in [3.05, 3.63) is 83.4 Å². The molecule has 1 atom stereocenters. The van der Waals surface area contributed by atoms with Gasteiger partial charge in [-0.1, -0.05) is 24.3 Å². The van der Waals surface area contributed by atoms with Crippen molar-refractivity contribution >= 4 is 29.5 Å². The molecule has 0 bridgehead atoms. The molecule has 1 saturated carbocycles. The van der Waals surface area contributed by atoms with E-state index in [2.05, 4.69) is 11.4 Å². The smallest absolute Gasteiger partial charge is 0.490 e. The van der Waals surface area contributed by atoms with Gasteiger partial charge in [-0.3, -0.25) is 10.2 Å². The summed E-state index contributed by atoms with van der Waals surface area (Å²) in [5.74, 6) is -1.41. The van der Waals surface area contributed by atoms with Gasteiger partial charge in [0.15, 0.2) is 11.5 Å². The van der Waals surface area contributed by atoms with E-state index in [1.54, 1.807) is 30.3 Å². The number of nitrogen functional groups attached to an aromatic ring is 1. The molecule has 1 aliphatic carbocycles. The van der Waals surface area contributed by atoms with Crippen LogP contribution in [0.2, 0.25) is 0 Å². The third kappa shape index (κ3) is 11.2. The molecule has 9 nitrogen and oxygen atoms in total. The molecule has 45 heavy (non-hydrogen) atoms. The van der Waals surface area contributed by atoms with Crippen LogP contribution in [0.4, 0.5) is 13.2 Å². The number of amides is 1. The number of carboxylic acids is 1. The molecule has 242 valence electrons. The summed E-state index contributed by atoms with van der Waals surface area (Å²) in [5, 5.41) is 18.5. The standard InChI is InChI=1S/C30H35N3O4S.C2HF3O2/c1-4-35-26-17-21(11-16-25(26)36-19(2)3)28(37-23-12-9-20(10-13-23)29(31)32)30(34)33-18-22-7-5-6-8-27(22)38-24-14-15-24;3-2(4,5)1(6)7/h5-13,16-17,19,24,28H,4,14-15,18H2,1-3H3,(H3,31,32)(H,33,34);(H,6,7). The number of nitrogens with one attached hydrogen (secondary N) is 2. The van der Waals surface area contributed by atoms with E-state index >= 15 is 0 Å². The number of alkyl halides is 3. The lowest BCUT2D eigenvalue weighted by Gasteiger charge is -2.22. The molecular weight excluding hydrogens is 611 g/mol. The molecule has 4 rings (SSSR count). The Balaban J connectivity index is 0.000000707. The summed E-state index contributed by atoms with van der Waals surface area (Å²) in [6.07, 6.45) is -3.57. The van der Waals surface area contributed by atoms with E-state index in [4.69, 9.17) is 35.3 Å². The van der Waals surface area contributed by atoms with Gasteiger partial charge in [0.2, 0.25) is 6.10 Å². The van der Waals surface area contributed by atoms with Crippen molar-refractivity contribution in [2.45, 2.75) is 68.7 Å². The van der Waals surface area contributed by atoms with Gasteiger partial charge in [-0.05, 0) is 81.6 Å². The highest BCUT2D eigenvalue weighted by atomic mass is 32.2. The predicted octanol–water partition coefficient (Wildman–Crippen LogP) is 6.48. The Hall–Kier alpha value is -4.39. The number of carbonyl (C=O) groups excluding carboxylic acids is 1. The third-order valence-corrected chi connectivity index (χ3v) is 7.53. The largest absolute Gasteiger partial charge is 0.490 e. The Morgan fingerprint density at radius 3 is 2.24 bits per heavy atom. The van der Waals surface area contributed by atoms with Crippen molar-refractivity contribution in [3.63, 3.8) is 0 Å². The number of aliphatic carboxylic acids is 1. The molecule has 3 aromatic carbocycles. The molecule has 1 aliphatic rings. The van der Waals surface area contributed by atoms with Crippen LogP contribution in [-0.4, -0.2) is 47.0 Å². The highest BCUT2D eigenvalue weighted by molar-refractivity contribution is 8.00. The number of nitrogens with two attached hydrogens (primary N) is 1. The van der Waals surface area contributed by atoms with Gasteiger partial charge in [-0.25, -0.2) is 4.79 Å². The Morgan fingerprint density at radius 2 is 1.69 bits per heavy atom. The van der Waals surface area contributed by atoms with Crippen LogP contribution in [0.25, 0.3) is 0 Å². The summed E-state index contributed by atoms with van der Waals surface area (Å²) in [5.41, 5.74) is 7.89. The normalized spacial score (nSPS) is 13.2. The van der Waals surface area contributed by atoms with E-state index < -0.39 is 18.2 Å². The monoisotopic (exact) mass is 647 g/mol. The van der Waals surface area contributed by atoms with Crippen LogP contribution >= 0.6 is 11.8 Å². The zero-order chi connectivity index (χ0) is 33.1. The second-order valence-electron chi connectivity index (χ2n) is 10.2. The van der Waals surface area contributed by atoms with Gasteiger partial charge in [0.1, 0.15) is 11.6 Å². The zero-order valence-electron chi connectivity index (χ0n) is 25.0. The molecule has 1 unspecified atom stereocenters. The van der Waals surface area contributed by atoms with E-state index in [0.717, 1.165) is 5.56 Å². The van der Waals surface area contributed by atoms with Gasteiger partial charge < -0.3 is 30.4 Å². The maximum atomic E-state index is 13.6. The fourth-order valence-electron chi connectivity index (χ4n) is 3.83. The molecule has 1 amide bonds. The van der Waals surface area contributed by atoms with Crippen LogP contribution in [-0.2, 0) is 16.1 Å². The third-order valence-electron chi connectivity index (χ3n) is 6.08. The highest BCUT2D eigenvalue weighted by Crippen LogP contribution is 2.40. The average molecular weight is 648 g/mol. The summed E-state index contributed by atoms with van der Waals surface area (Å²) in [6.45, 7) is 6.66. The second kappa shape index (κ2) is 16.1. The van der Waals surface area contributed by atoms with Gasteiger partial charge in [0.05, 0.1) is 12.7 Å². The van der Waals surface area contributed by atoms with Crippen molar-refractivity contribution in [2.75, 3.05) is 6.61 Å². The lowest BCUT2D eigenvalue weighted by Crippen LogP contribution is -2.32. The lowest BCUT2D eigenvalue weighted by molar-refractivity contribution is -0.192. The number of carbonyl (C=O) groups is 2. The SMILES string of the molecule is CCOc1cc(C(Oc2ccc(C(=N)N)cc2)C(=O)NCc2ccccc2SC2CC2)ccc1OC(C)C.O=C(O)C(F)(F)F. The van der Waals surface area contributed by atoms with Gasteiger partial charge >= 0.3 is 12.1 Å². The van der Waals surface area contributed by atoms with Gasteiger partial charge in [0, 0.05) is 27.8 Å². The molecule has 5 N–H and O–H groups in total. The molecule has 0 radical (unpaired) electrons. The Kier molecular flexibility index (Phi) is 12.5. The number of carboxylic acid groups (broad SMARTS) is 1. The zero-order valence-corrected chi connectivity index (χ0v) is 25.8. The molecule has 13 heteroatoms. The van der Waals surface area contributed by atoms with Gasteiger partial charge in [0.25, 0.3) is 5.91 Å². The molecule has 0 aromatic heterocycles. The first kappa shape index (κ1) is 35.1. The Labute approximate surface area is 263 Å². The van der Waals surface area contributed by atoms with Crippen molar-refractivity contribution in [1.29, 1.82) is 5.41 Å². The van der Waals surface area contributed by atoms with Crippen LogP contribution in [0, 0.1) is 5.41 Å². The molecule has 0 heterocycles. The minimum Gasteiger partial charge on any atom is -0.490 e. The fourth-order valence-corrected chi connectivity index (χ4v) is 5.01. The highest BCUT2D eigenvalue weighted by Gasteiger charge is 2.38.